The summed E-state index contributed by atoms with van der Waals surface area (Å²) in [4.78, 5) is 0. The summed E-state index contributed by atoms with van der Waals surface area (Å²) in [5.41, 5.74) is 0. The summed E-state index contributed by atoms with van der Waals surface area (Å²) < 4.78 is 2.52. The molecule has 0 atom stereocenters. The minimum Gasteiger partial charge on any atom is -0.0796 e. The Morgan fingerprint density at radius 3 is 3.11 bits per heavy atom. The number of allylic oxidation sites excluding steroid dienone is 6. The van der Waals surface area contributed by atoms with Gasteiger partial charge < -0.3 is 0 Å². The van der Waals surface area contributed by atoms with Crippen LogP contribution in [0.5, 0.6) is 0 Å². The minimum atomic E-state index is 1.06. The monoisotopic (exact) mass is 296 g/mol. The van der Waals surface area contributed by atoms with E-state index in [0.717, 1.165) is 10.9 Å². The van der Waals surface area contributed by atoms with Crippen molar-refractivity contribution in [1.29, 1.82) is 0 Å². The van der Waals surface area contributed by atoms with Gasteiger partial charge in [0.25, 0.3) is 0 Å². The second kappa shape index (κ2) is 3.56. The maximum atomic E-state index is 3.41. The van der Waals surface area contributed by atoms with Crippen LogP contribution in [0.3, 0.4) is 0 Å². The molecule has 0 heterocycles. The first kappa shape index (κ1) is 7.54. The molecule has 2 heteroatoms. The lowest BCUT2D eigenvalue weighted by molar-refractivity contribution is 1.39. The molecule has 0 radical (unpaired) electrons. The van der Waals surface area contributed by atoms with Crippen LogP contribution in [0.25, 0.3) is 0 Å². The topological polar surface area (TPSA) is 0 Å². The Hall–Kier alpha value is 0.430. The van der Waals surface area contributed by atoms with Crippen LogP contribution in [-0.4, -0.2) is 0 Å². The summed E-state index contributed by atoms with van der Waals surface area (Å²) in [6.45, 7) is 0. The molecule has 1 aliphatic rings. The first-order valence-electron chi connectivity index (χ1n) is 2.67. The smallest absolute Gasteiger partial charge is 0.0182 e. The van der Waals surface area contributed by atoms with Crippen LogP contribution in [0.15, 0.2) is 32.4 Å². The average Bonchev–Trinajstić information content (AvgIpc) is 1.93. The van der Waals surface area contributed by atoms with Gasteiger partial charge in [-0.25, -0.2) is 0 Å². The van der Waals surface area contributed by atoms with E-state index in [2.05, 4.69) is 56.7 Å². The largest absolute Gasteiger partial charge is 0.0796 e. The molecule has 0 aromatic heterocycles. The Morgan fingerprint density at radius 2 is 2.33 bits per heavy atom. The van der Waals surface area contributed by atoms with Crippen LogP contribution < -0.4 is 0 Å². The molecule has 0 fully saturated rings. The first-order chi connectivity index (χ1) is 4.29. The van der Waals surface area contributed by atoms with E-state index >= 15 is 0 Å². The third-order valence-corrected chi connectivity index (χ3v) is 2.24. The standard InChI is InChI=1S/C7H6BrI/c8-6-3-1-2-4-7(9)5-6/h1-3,5H,4H2. The molecule has 0 N–H and O–H groups in total. The fraction of sp³-hybridized carbons (Fsp3) is 0.143. The zero-order valence-electron chi connectivity index (χ0n) is 4.77. The van der Waals surface area contributed by atoms with E-state index in [1.807, 2.05) is 6.08 Å². The summed E-state index contributed by atoms with van der Waals surface area (Å²) in [5, 5.41) is 0. The van der Waals surface area contributed by atoms with Crippen LogP contribution in [-0.2, 0) is 0 Å². The summed E-state index contributed by atoms with van der Waals surface area (Å²) in [6, 6.07) is 0. The molecule has 0 saturated carbocycles. The van der Waals surface area contributed by atoms with Crippen molar-refractivity contribution < 1.29 is 0 Å². The molecule has 0 spiro atoms. The van der Waals surface area contributed by atoms with E-state index in [1.54, 1.807) is 0 Å². The van der Waals surface area contributed by atoms with Crippen molar-refractivity contribution in [2.24, 2.45) is 0 Å². The molecule has 0 unspecified atom stereocenters. The molecular formula is C7H6BrI. The molecule has 0 bridgehead atoms. The van der Waals surface area contributed by atoms with Crippen molar-refractivity contribution >= 4 is 38.5 Å². The highest BCUT2D eigenvalue weighted by atomic mass is 127. The SMILES string of the molecule is BrC1=CC=CCC(I)=C1. The molecular weight excluding hydrogens is 291 g/mol. The normalized spacial score (nSPS) is 18.4. The van der Waals surface area contributed by atoms with Gasteiger partial charge in [-0.2, -0.15) is 0 Å². The summed E-state index contributed by atoms with van der Waals surface area (Å²) in [5.74, 6) is 0. The predicted octanol–water partition coefficient (Wildman–Crippen LogP) is 3.54. The van der Waals surface area contributed by atoms with E-state index in [0.29, 0.717) is 0 Å². The van der Waals surface area contributed by atoms with Crippen LogP contribution >= 0.6 is 38.5 Å². The highest BCUT2D eigenvalue weighted by Gasteiger charge is 1.92. The van der Waals surface area contributed by atoms with Crippen LogP contribution in [0.2, 0.25) is 0 Å². The molecule has 48 valence electrons. The molecule has 1 rings (SSSR count). The lowest BCUT2D eigenvalue weighted by Gasteiger charge is -1.87. The van der Waals surface area contributed by atoms with Crippen LogP contribution in [0.4, 0.5) is 0 Å². The predicted molar refractivity (Wildman–Crippen MR) is 52.9 cm³/mol. The second-order valence-corrected chi connectivity index (χ2v) is 4.08. The van der Waals surface area contributed by atoms with Crippen LogP contribution in [0.1, 0.15) is 6.42 Å². The molecule has 1 aliphatic carbocycles. The number of hydrogen-bond donors (Lipinski definition) is 0. The van der Waals surface area contributed by atoms with Crippen molar-refractivity contribution in [1.82, 2.24) is 0 Å². The Bertz CT molecular complexity index is 189. The Balaban J connectivity index is 2.82. The van der Waals surface area contributed by atoms with Gasteiger partial charge in [0.1, 0.15) is 0 Å². The van der Waals surface area contributed by atoms with Gasteiger partial charge >= 0.3 is 0 Å². The van der Waals surface area contributed by atoms with Gasteiger partial charge in [0.2, 0.25) is 0 Å². The van der Waals surface area contributed by atoms with E-state index < -0.39 is 0 Å². The molecule has 0 aliphatic heterocycles. The zero-order valence-corrected chi connectivity index (χ0v) is 8.52. The molecule has 0 nitrogen and oxygen atoms in total. The lowest BCUT2D eigenvalue weighted by Crippen LogP contribution is -1.63. The number of halogens is 2. The first-order valence-corrected chi connectivity index (χ1v) is 4.54. The highest BCUT2D eigenvalue weighted by Crippen LogP contribution is 2.20. The Kier molecular flexibility index (Phi) is 2.98. The van der Waals surface area contributed by atoms with Crippen LogP contribution in [0, 0.1) is 0 Å². The number of hydrogen-bond acceptors (Lipinski definition) is 0. The summed E-state index contributed by atoms with van der Waals surface area (Å²) in [6.07, 6.45) is 9.44. The van der Waals surface area contributed by atoms with Crippen molar-refractivity contribution in [3.05, 3.63) is 32.4 Å². The van der Waals surface area contributed by atoms with Gasteiger partial charge in [-0.05, 0) is 44.7 Å². The maximum absolute atomic E-state index is 3.41. The van der Waals surface area contributed by atoms with E-state index in [1.165, 1.54) is 3.58 Å². The maximum Gasteiger partial charge on any atom is 0.0182 e. The van der Waals surface area contributed by atoms with Crippen molar-refractivity contribution in [2.45, 2.75) is 6.42 Å². The Labute approximate surface area is 77.0 Å². The van der Waals surface area contributed by atoms with Gasteiger partial charge in [0.15, 0.2) is 0 Å². The zero-order chi connectivity index (χ0) is 6.69. The van der Waals surface area contributed by atoms with Gasteiger partial charge in [-0.15, -0.1) is 0 Å². The third kappa shape index (κ3) is 2.67. The van der Waals surface area contributed by atoms with Gasteiger partial charge in [-0.1, -0.05) is 28.1 Å². The van der Waals surface area contributed by atoms with Gasteiger partial charge in [0.05, 0.1) is 0 Å². The quantitative estimate of drug-likeness (QED) is 0.600. The molecule has 9 heavy (non-hydrogen) atoms. The number of rotatable bonds is 0. The van der Waals surface area contributed by atoms with Gasteiger partial charge in [-0.3, -0.25) is 0 Å². The molecule has 0 amide bonds. The van der Waals surface area contributed by atoms with E-state index in [9.17, 15) is 0 Å². The minimum absolute atomic E-state index is 1.06. The fourth-order valence-corrected chi connectivity index (χ4v) is 2.04. The lowest BCUT2D eigenvalue weighted by atomic mass is 10.4. The van der Waals surface area contributed by atoms with E-state index in [4.69, 9.17) is 0 Å². The van der Waals surface area contributed by atoms with Crippen molar-refractivity contribution in [3.63, 3.8) is 0 Å². The summed E-state index contributed by atoms with van der Waals surface area (Å²) >= 11 is 5.74. The van der Waals surface area contributed by atoms with Gasteiger partial charge in [0, 0.05) is 4.48 Å². The molecule has 0 saturated heterocycles. The molecule has 0 aromatic rings. The van der Waals surface area contributed by atoms with E-state index in [-0.39, 0.29) is 0 Å². The average molecular weight is 297 g/mol. The third-order valence-electron chi connectivity index (χ3n) is 0.999. The fourth-order valence-electron chi connectivity index (χ4n) is 0.597. The van der Waals surface area contributed by atoms with Crippen molar-refractivity contribution in [2.75, 3.05) is 0 Å². The molecule has 0 aromatic carbocycles. The van der Waals surface area contributed by atoms with Crippen molar-refractivity contribution in [3.8, 4) is 0 Å². The Morgan fingerprint density at radius 1 is 1.56 bits per heavy atom. The highest BCUT2D eigenvalue weighted by molar-refractivity contribution is 14.1. The second-order valence-electron chi connectivity index (χ2n) is 1.78. The summed E-state index contributed by atoms with van der Waals surface area (Å²) in [7, 11) is 0.